The number of aryl methyl sites for hydroxylation is 1. The van der Waals surface area contributed by atoms with E-state index in [2.05, 4.69) is 67.2 Å². The molecule has 3 aromatic rings. The van der Waals surface area contributed by atoms with Gasteiger partial charge in [0.15, 0.2) is 0 Å². The molecule has 0 saturated carbocycles. The molecule has 0 aliphatic rings. The summed E-state index contributed by atoms with van der Waals surface area (Å²) < 4.78 is 6.03. The Morgan fingerprint density at radius 3 is 1.84 bits per heavy atom. The Hall–Kier alpha value is -2.44. The Balaban J connectivity index is 1.55. The lowest BCUT2D eigenvalue weighted by Crippen LogP contribution is -2.55. The molecule has 0 atom stereocenters. The van der Waals surface area contributed by atoms with Crippen LogP contribution in [0.3, 0.4) is 0 Å². The Morgan fingerprint density at radius 2 is 1.34 bits per heavy atom. The van der Waals surface area contributed by atoms with Crippen LogP contribution < -0.4 is 20.8 Å². The second-order valence-corrected chi connectivity index (χ2v) is 13.2. The predicted octanol–water partition coefficient (Wildman–Crippen LogP) is 2.96. The fourth-order valence-corrected chi connectivity index (χ4v) is 7.66. The van der Waals surface area contributed by atoms with Crippen molar-refractivity contribution in [3.8, 4) is 5.75 Å². The Morgan fingerprint density at radius 1 is 0.812 bits per heavy atom. The highest BCUT2D eigenvalue weighted by Gasteiger charge is 2.31. The van der Waals surface area contributed by atoms with Crippen molar-refractivity contribution in [3.05, 3.63) is 90.5 Å². The average molecular weight is 450 g/mol. The highest BCUT2D eigenvalue weighted by molar-refractivity contribution is 7.01. The van der Waals surface area contributed by atoms with Crippen LogP contribution in [0.15, 0.2) is 84.9 Å². The third-order valence-electron chi connectivity index (χ3n) is 6.38. The van der Waals surface area contributed by atoms with Gasteiger partial charge in [-0.1, -0.05) is 89.7 Å². The highest BCUT2D eigenvalue weighted by Crippen LogP contribution is 2.18. The Labute approximate surface area is 192 Å². The molecule has 4 nitrogen and oxygen atoms in total. The van der Waals surface area contributed by atoms with Crippen molar-refractivity contribution in [1.82, 2.24) is 0 Å². The fraction of sp³-hybridized carbons (Fsp3) is 0.333. The lowest BCUT2D eigenvalue weighted by molar-refractivity contribution is 0.115. The summed E-state index contributed by atoms with van der Waals surface area (Å²) in [5, 5.41) is 21.6. The van der Waals surface area contributed by atoms with Crippen molar-refractivity contribution in [2.24, 2.45) is 5.73 Å². The summed E-state index contributed by atoms with van der Waals surface area (Å²) in [6, 6.07) is 30.9. The summed E-state index contributed by atoms with van der Waals surface area (Å²) in [4.78, 5) is 0. The predicted molar refractivity (Wildman–Crippen MR) is 135 cm³/mol. The number of rotatable bonds is 12. The van der Waals surface area contributed by atoms with Gasteiger partial charge in [0.25, 0.3) is 0 Å². The van der Waals surface area contributed by atoms with Gasteiger partial charge in [0, 0.05) is 0 Å². The molecule has 0 unspecified atom stereocenters. The molecule has 0 heterocycles. The number of nitrogens with two attached hydrogens (primary N) is 1. The standard InChI is InChI=1S/C27H35NO3Si/c1-32(25-9-4-2-5-10-25,26-11-6-3-7-12-26)20-8-19-31-24-15-13-23(14-16-24)17-18-27(28,21-29)22-30/h2-7,9-16,29-30H,8,17-22,28H2,1H3. The van der Waals surface area contributed by atoms with Crippen LogP contribution >= 0.6 is 0 Å². The molecular formula is C27H35NO3Si. The van der Waals surface area contributed by atoms with E-state index in [-0.39, 0.29) is 13.2 Å². The molecule has 5 heteroatoms. The van der Waals surface area contributed by atoms with Gasteiger partial charge in [0.05, 0.1) is 25.4 Å². The molecule has 0 aliphatic heterocycles. The van der Waals surface area contributed by atoms with Crippen molar-refractivity contribution in [2.45, 2.75) is 37.4 Å². The molecule has 0 radical (unpaired) electrons. The number of aliphatic hydroxyl groups is 2. The number of hydrogen-bond donors (Lipinski definition) is 3. The molecule has 0 saturated heterocycles. The summed E-state index contributed by atoms with van der Waals surface area (Å²) in [7, 11) is -1.82. The van der Waals surface area contributed by atoms with E-state index < -0.39 is 13.6 Å². The number of aliphatic hydroxyl groups excluding tert-OH is 2. The molecule has 0 spiro atoms. The molecule has 0 amide bonds. The molecule has 32 heavy (non-hydrogen) atoms. The molecule has 3 aromatic carbocycles. The van der Waals surface area contributed by atoms with Crippen LogP contribution in [0.2, 0.25) is 12.6 Å². The molecule has 170 valence electrons. The number of benzene rings is 3. The van der Waals surface area contributed by atoms with Gasteiger partial charge in [-0.05, 0) is 43.0 Å². The van der Waals surface area contributed by atoms with Crippen LogP contribution in [-0.4, -0.2) is 43.6 Å². The molecule has 0 aromatic heterocycles. The van der Waals surface area contributed by atoms with E-state index in [1.807, 2.05) is 24.3 Å². The lowest BCUT2D eigenvalue weighted by atomic mass is 9.94. The highest BCUT2D eigenvalue weighted by atomic mass is 28.3. The first-order valence-electron chi connectivity index (χ1n) is 11.3. The molecule has 0 aliphatic carbocycles. The first-order valence-corrected chi connectivity index (χ1v) is 14.0. The minimum absolute atomic E-state index is 0.223. The van der Waals surface area contributed by atoms with E-state index >= 15 is 0 Å². The quantitative estimate of drug-likeness (QED) is 0.294. The van der Waals surface area contributed by atoms with Crippen LogP contribution in [0.25, 0.3) is 0 Å². The fourth-order valence-electron chi connectivity index (χ4n) is 4.04. The second kappa shape index (κ2) is 11.4. The third-order valence-corrected chi connectivity index (χ3v) is 10.9. The van der Waals surface area contributed by atoms with Crippen LogP contribution in [0.5, 0.6) is 5.75 Å². The van der Waals surface area contributed by atoms with Crippen molar-refractivity contribution < 1.29 is 14.9 Å². The topological polar surface area (TPSA) is 75.7 Å². The van der Waals surface area contributed by atoms with Gasteiger partial charge < -0.3 is 20.7 Å². The molecule has 0 bridgehead atoms. The van der Waals surface area contributed by atoms with E-state index in [1.165, 1.54) is 10.4 Å². The summed E-state index contributed by atoms with van der Waals surface area (Å²) in [6.07, 6.45) is 2.23. The lowest BCUT2D eigenvalue weighted by Gasteiger charge is -2.29. The van der Waals surface area contributed by atoms with Gasteiger partial charge in [-0.3, -0.25) is 0 Å². The molecular weight excluding hydrogens is 414 g/mol. The van der Waals surface area contributed by atoms with Gasteiger partial charge >= 0.3 is 0 Å². The van der Waals surface area contributed by atoms with Crippen LogP contribution in [0.4, 0.5) is 0 Å². The van der Waals surface area contributed by atoms with E-state index in [0.717, 1.165) is 23.8 Å². The van der Waals surface area contributed by atoms with Crippen molar-refractivity contribution in [2.75, 3.05) is 19.8 Å². The van der Waals surface area contributed by atoms with Gasteiger partial charge in [-0.15, -0.1) is 0 Å². The maximum Gasteiger partial charge on any atom is 0.119 e. The number of hydrogen-bond acceptors (Lipinski definition) is 4. The van der Waals surface area contributed by atoms with E-state index in [4.69, 9.17) is 10.5 Å². The second-order valence-electron chi connectivity index (χ2n) is 8.84. The zero-order valence-corrected chi connectivity index (χ0v) is 19.9. The minimum atomic E-state index is -1.82. The Kier molecular flexibility index (Phi) is 8.65. The van der Waals surface area contributed by atoms with Crippen molar-refractivity contribution >= 4 is 18.4 Å². The minimum Gasteiger partial charge on any atom is -0.494 e. The number of ether oxygens (including phenoxy) is 1. The van der Waals surface area contributed by atoms with Crippen molar-refractivity contribution in [1.29, 1.82) is 0 Å². The van der Waals surface area contributed by atoms with Gasteiger partial charge in [0.2, 0.25) is 0 Å². The van der Waals surface area contributed by atoms with E-state index in [0.29, 0.717) is 19.4 Å². The van der Waals surface area contributed by atoms with Gasteiger partial charge in [0.1, 0.15) is 13.8 Å². The largest absolute Gasteiger partial charge is 0.494 e. The normalized spacial score (nSPS) is 12.0. The monoisotopic (exact) mass is 449 g/mol. The van der Waals surface area contributed by atoms with Gasteiger partial charge in [-0.25, -0.2) is 0 Å². The van der Waals surface area contributed by atoms with Crippen LogP contribution in [0, 0.1) is 0 Å². The average Bonchev–Trinajstić information content (AvgIpc) is 2.87. The summed E-state index contributed by atoms with van der Waals surface area (Å²) in [5.74, 6) is 0.861. The van der Waals surface area contributed by atoms with Gasteiger partial charge in [-0.2, -0.15) is 0 Å². The van der Waals surface area contributed by atoms with Crippen LogP contribution in [-0.2, 0) is 6.42 Å². The maximum absolute atomic E-state index is 9.33. The third kappa shape index (κ3) is 6.30. The first kappa shape index (κ1) is 24.2. The van der Waals surface area contributed by atoms with E-state index in [9.17, 15) is 10.2 Å². The molecule has 0 fully saturated rings. The molecule has 3 rings (SSSR count). The summed E-state index contributed by atoms with van der Waals surface area (Å²) >= 11 is 0. The van der Waals surface area contributed by atoms with E-state index in [1.54, 1.807) is 0 Å². The van der Waals surface area contributed by atoms with Crippen LogP contribution in [0.1, 0.15) is 18.4 Å². The Bertz CT molecular complexity index is 889. The zero-order valence-electron chi connectivity index (χ0n) is 18.9. The summed E-state index contributed by atoms with van der Waals surface area (Å²) in [5.41, 5.74) is 6.14. The van der Waals surface area contributed by atoms with Crippen molar-refractivity contribution in [3.63, 3.8) is 0 Å². The smallest absolute Gasteiger partial charge is 0.119 e. The first-order chi connectivity index (χ1) is 15.5. The summed E-state index contributed by atoms with van der Waals surface area (Å²) in [6.45, 7) is 2.68. The molecule has 4 N–H and O–H groups in total. The zero-order chi connectivity index (χ0) is 22.9. The SMILES string of the molecule is C[Si](CCCOc1ccc(CCC(N)(CO)CO)cc1)(c1ccccc1)c1ccccc1. The maximum atomic E-state index is 9.33.